The minimum atomic E-state index is -0.689. The van der Waals surface area contributed by atoms with E-state index in [1.165, 1.54) is 11.3 Å². The molecule has 0 unspecified atom stereocenters. The first-order valence-corrected chi connectivity index (χ1v) is 15.0. The number of ether oxygens (including phenoxy) is 1. The van der Waals surface area contributed by atoms with Crippen LogP contribution in [0.4, 0.5) is 5.69 Å². The van der Waals surface area contributed by atoms with Gasteiger partial charge in [0.05, 0.1) is 17.2 Å². The van der Waals surface area contributed by atoms with Crippen LogP contribution in [0.3, 0.4) is 0 Å². The lowest BCUT2D eigenvalue weighted by Crippen LogP contribution is -2.55. The Morgan fingerprint density at radius 1 is 0.951 bits per heavy atom. The zero-order valence-electron chi connectivity index (χ0n) is 24.1. The van der Waals surface area contributed by atoms with Crippen molar-refractivity contribution >= 4 is 11.6 Å². The molecule has 3 aliphatic heterocycles. The molecular weight excluding hydrogens is 516 g/mol. The van der Waals surface area contributed by atoms with Gasteiger partial charge in [-0.2, -0.15) is 0 Å². The van der Waals surface area contributed by atoms with E-state index in [2.05, 4.69) is 56.6 Å². The van der Waals surface area contributed by atoms with Crippen LogP contribution in [0.25, 0.3) is 0 Å². The molecule has 3 aliphatic rings. The Hall–Kier alpha value is -3.43. The van der Waals surface area contributed by atoms with Crippen LogP contribution in [0.5, 0.6) is 5.75 Å². The lowest BCUT2D eigenvalue weighted by Gasteiger charge is -2.45. The topological polar surface area (TPSA) is 95.8 Å². The van der Waals surface area contributed by atoms with Crippen LogP contribution in [0, 0.1) is 12.3 Å². The van der Waals surface area contributed by atoms with Gasteiger partial charge in [0, 0.05) is 44.0 Å². The van der Waals surface area contributed by atoms with Crippen molar-refractivity contribution in [2.45, 2.75) is 70.7 Å². The molecule has 9 nitrogen and oxygen atoms in total. The highest BCUT2D eigenvalue weighted by molar-refractivity contribution is 5.82. The van der Waals surface area contributed by atoms with Crippen molar-refractivity contribution < 1.29 is 14.6 Å². The van der Waals surface area contributed by atoms with Gasteiger partial charge >= 0.3 is 0 Å². The van der Waals surface area contributed by atoms with Gasteiger partial charge in [0.1, 0.15) is 18.1 Å². The second kappa shape index (κ2) is 11.8. The molecule has 2 aromatic carbocycles. The third kappa shape index (κ3) is 6.41. The molecule has 0 atom stereocenters. The fourth-order valence-corrected chi connectivity index (χ4v) is 6.64. The molecule has 3 aromatic rings. The highest BCUT2D eigenvalue weighted by Crippen LogP contribution is 2.38. The average molecular weight is 559 g/mol. The van der Waals surface area contributed by atoms with Gasteiger partial charge in [0.2, 0.25) is 5.91 Å². The Labute approximate surface area is 242 Å². The molecule has 9 heteroatoms. The predicted molar refractivity (Wildman–Crippen MR) is 158 cm³/mol. The van der Waals surface area contributed by atoms with Crippen molar-refractivity contribution in [3.05, 3.63) is 71.5 Å². The summed E-state index contributed by atoms with van der Waals surface area (Å²) in [6, 6.07) is 16.5. The van der Waals surface area contributed by atoms with E-state index in [9.17, 15) is 9.90 Å². The van der Waals surface area contributed by atoms with Crippen LogP contribution >= 0.6 is 0 Å². The molecule has 2 saturated heterocycles. The van der Waals surface area contributed by atoms with Crippen LogP contribution in [0.1, 0.15) is 55.3 Å². The molecule has 1 aromatic heterocycles. The molecule has 41 heavy (non-hydrogen) atoms. The van der Waals surface area contributed by atoms with Gasteiger partial charge in [0.15, 0.2) is 0 Å². The second-order valence-corrected chi connectivity index (χ2v) is 12.3. The lowest BCUT2D eigenvalue weighted by atomic mass is 9.73. The average Bonchev–Trinajstić information content (AvgIpc) is 3.44. The Bertz CT molecular complexity index is 1320. The van der Waals surface area contributed by atoms with Gasteiger partial charge in [-0.1, -0.05) is 41.1 Å². The van der Waals surface area contributed by atoms with E-state index in [1.807, 2.05) is 35.1 Å². The van der Waals surface area contributed by atoms with E-state index >= 15 is 0 Å². The quantitative estimate of drug-likeness (QED) is 0.506. The number of nitrogens with one attached hydrogen (secondary N) is 1. The number of piperidine rings is 2. The van der Waals surface area contributed by atoms with E-state index < -0.39 is 11.0 Å². The maximum atomic E-state index is 13.8. The molecule has 0 aliphatic carbocycles. The molecule has 1 spiro atoms. The Balaban J connectivity index is 1.09. The van der Waals surface area contributed by atoms with Crippen LogP contribution in [0.2, 0.25) is 0 Å². The summed E-state index contributed by atoms with van der Waals surface area (Å²) < 4.78 is 7.89. The molecule has 0 saturated carbocycles. The SMILES string of the molecule is Cc1ccc(N2CCC(O)(CN3CCC4(CCCn5cc(nn5)COc5ccccc5CNC4=O)CC3)CC2)cc1. The molecule has 0 radical (unpaired) electrons. The fourth-order valence-electron chi connectivity index (χ4n) is 6.64. The van der Waals surface area contributed by atoms with Crippen molar-refractivity contribution in [3.8, 4) is 5.75 Å². The molecule has 2 bridgehead atoms. The number of anilines is 1. The molecule has 6 rings (SSSR count). The zero-order valence-corrected chi connectivity index (χ0v) is 24.1. The number of hydrogen-bond acceptors (Lipinski definition) is 7. The number of amides is 1. The summed E-state index contributed by atoms with van der Waals surface area (Å²) >= 11 is 0. The van der Waals surface area contributed by atoms with Gasteiger partial charge in [0.25, 0.3) is 0 Å². The number of fused-ring (bicyclic) bond motifs is 3. The van der Waals surface area contributed by atoms with Crippen LogP contribution in [-0.4, -0.2) is 69.2 Å². The smallest absolute Gasteiger partial charge is 0.226 e. The fraction of sp³-hybridized carbons (Fsp3) is 0.531. The third-order valence-electron chi connectivity index (χ3n) is 9.32. The lowest BCUT2D eigenvalue weighted by molar-refractivity contribution is -0.135. The molecule has 1 amide bonds. The predicted octanol–water partition coefficient (Wildman–Crippen LogP) is 3.69. The van der Waals surface area contributed by atoms with E-state index in [-0.39, 0.29) is 5.91 Å². The van der Waals surface area contributed by atoms with Crippen LogP contribution < -0.4 is 15.0 Å². The van der Waals surface area contributed by atoms with Gasteiger partial charge in [-0.3, -0.25) is 9.48 Å². The number of carbonyl (C=O) groups excluding carboxylic acids is 1. The zero-order chi connectivity index (χ0) is 28.3. The minimum Gasteiger partial charge on any atom is -0.487 e. The first-order chi connectivity index (χ1) is 19.9. The molecule has 4 heterocycles. The second-order valence-electron chi connectivity index (χ2n) is 12.3. The van der Waals surface area contributed by atoms with Crippen molar-refractivity contribution in [1.82, 2.24) is 25.2 Å². The molecule has 218 valence electrons. The van der Waals surface area contributed by atoms with E-state index in [0.717, 1.165) is 88.3 Å². The number of aliphatic hydroxyl groups is 1. The highest BCUT2D eigenvalue weighted by Gasteiger charge is 2.43. The number of para-hydroxylation sites is 1. The number of carbonyl (C=O) groups is 1. The Kier molecular flexibility index (Phi) is 7.99. The first kappa shape index (κ1) is 27.7. The van der Waals surface area contributed by atoms with E-state index in [1.54, 1.807) is 0 Å². The van der Waals surface area contributed by atoms with Crippen LogP contribution in [-0.2, 0) is 24.5 Å². The van der Waals surface area contributed by atoms with Crippen molar-refractivity contribution in [3.63, 3.8) is 0 Å². The number of nitrogens with zero attached hydrogens (tertiary/aromatic N) is 5. The number of rotatable bonds is 3. The summed E-state index contributed by atoms with van der Waals surface area (Å²) in [5.74, 6) is 0.873. The summed E-state index contributed by atoms with van der Waals surface area (Å²) in [6.45, 7) is 7.61. The Morgan fingerprint density at radius 2 is 1.71 bits per heavy atom. The number of hydrogen-bond donors (Lipinski definition) is 2. The van der Waals surface area contributed by atoms with Crippen molar-refractivity contribution in [2.75, 3.05) is 37.6 Å². The maximum Gasteiger partial charge on any atom is 0.226 e. The summed E-state index contributed by atoms with van der Waals surface area (Å²) in [7, 11) is 0. The van der Waals surface area contributed by atoms with Crippen molar-refractivity contribution in [1.29, 1.82) is 0 Å². The standard InChI is InChI=1S/C32H42N6O3/c1-25-7-9-28(10-8-25)37-19-14-32(40,15-20-37)24-36-17-12-31(13-18-36)11-4-16-38-22-27(34-35-38)23-41-29-6-3-2-5-26(29)21-33-30(31)39/h2-3,5-10,22,40H,4,11-21,23-24H2,1H3,(H,33,39). The highest BCUT2D eigenvalue weighted by atomic mass is 16.5. The van der Waals surface area contributed by atoms with Gasteiger partial charge in [-0.05, 0) is 76.7 Å². The van der Waals surface area contributed by atoms with Crippen LogP contribution in [0.15, 0.2) is 54.7 Å². The number of β-amino-alcohol motifs (C(OH)–C–C–N with tert-alkyl or cyclic N) is 1. The van der Waals surface area contributed by atoms with E-state index in [4.69, 9.17) is 4.74 Å². The minimum absolute atomic E-state index is 0.119. The van der Waals surface area contributed by atoms with E-state index in [0.29, 0.717) is 19.7 Å². The number of benzene rings is 2. The number of aromatic nitrogens is 3. The molecule has 2 N–H and O–H groups in total. The number of aryl methyl sites for hydroxylation is 2. The molecule has 2 fully saturated rings. The summed E-state index contributed by atoms with van der Waals surface area (Å²) in [5, 5.41) is 23.3. The van der Waals surface area contributed by atoms with Crippen molar-refractivity contribution in [2.24, 2.45) is 5.41 Å². The van der Waals surface area contributed by atoms with Gasteiger partial charge in [-0.25, -0.2) is 0 Å². The monoisotopic (exact) mass is 558 g/mol. The molecular formula is C32H42N6O3. The third-order valence-corrected chi connectivity index (χ3v) is 9.32. The summed E-state index contributed by atoms with van der Waals surface area (Å²) in [6.07, 6.45) is 6.67. The summed E-state index contributed by atoms with van der Waals surface area (Å²) in [5.41, 5.74) is 3.12. The largest absolute Gasteiger partial charge is 0.487 e. The normalized spacial score (nSPS) is 21.4. The maximum absolute atomic E-state index is 13.8. The summed E-state index contributed by atoms with van der Waals surface area (Å²) in [4.78, 5) is 18.5. The Morgan fingerprint density at radius 3 is 2.49 bits per heavy atom. The van der Waals surface area contributed by atoms with Gasteiger partial charge in [-0.15, -0.1) is 5.10 Å². The van der Waals surface area contributed by atoms with Gasteiger partial charge < -0.3 is 25.0 Å². The number of likely N-dealkylation sites (tertiary alicyclic amines) is 1. The first-order valence-electron chi connectivity index (χ1n) is 15.0.